The Morgan fingerprint density at radius 3 is 2.18 bits per heavy atom. The van der Waals surface area contributed by atoms with E-state index in [2.05, 4.69) is 5.32 Å². The van der Waals surface area contributed by atoms with Crippen molar-refractivity contribution in [3.8, 4) is 6.07 Å². The summed E-state index contributed by atoms with van der Waals surface area (Å²) >= 11 is 13.1. The predicted molar refractivity (Wildman–Crippen MR) is 138 cm³/mol. The molecule has 0 aliphatic carbocycles. The molecule has 170 valence electrons. The Balaban J connectivity index is 1.71. The zero-order valence-electron chi connectivity index (χ0n) is 18.1. The molecule has 1 saturated heterocycles. The number of hydrogen-bond acceptors (Lipinski definition) is 4. The Labute approximate surface area is 212 Å². The van der Waals surface area contributed by atoms with Crippen LogP contribution in [0, 0.1) is 18.3 Å². The van der Waals surface area contributed by atoms with Gasteiger partial charge in [0.2, 0.25) is 5.91 Å². The first-order valence-corrected chi connectivity index (χ1v) is 12.0. The molecule has 1 fully saturated rings. The van der Waals surface area contributed by atoms with Crippen LogP contribution in [-0.2, 0) is 16.0 Å². The van der Waals surface area contributed by atoms with Crippen LogP contribution < -0.4 is 10.2 Å². The van der Waals surface area contributed by atoms with Gasteiger partial charge in [0.15, 0.2) is 0 Å². The summed E-state index contributed by atoms with van der Waals surface area (Å²) in [5, 5.41) is 13.6. The van der Waals surface area contributed by atoms with Gasteiger partial charge in [-0.25, -0.2) is 0 Å². The van der Waals surface area contributed by atoms with Gasteiger partial charge in [0.1, 0.15) is 16.7 Å². The van der Waals surface area contributed by atoms with Gasteiger partial charge in [-0.1, -0.05) is 64.8 Å². The number of benzene rings is 3. The van der Waals surface area contributed by atoms with Gasteiger partial charge in [-0.05, 0) is 67.4 Å². The second kappa shape index (κ2) is 10.4. The lowest BCUT2D eigenvalue weighted by Gasteiger charge is -2.19. The minimum absolute atomic E-state index is 0.132. The van der Waals surface area contributed by atoms with Crippen LogP contribution in [0.3, 0.4) is 0 Å². The first-order chi connectivity index (χ1) is 16.4. The van der Waals surface area contributed by atoms with Crippen molar-refractivity contribution in [3.05, 3.63) is 105 Å². The molecule has 0 aromatic heterocycles. The van der Waals surface area contributed by atoms with E-state index in [0.29, 0.717) is 32.9 Å². The molecule has 34 heavy (non-hydrogen) atoms. The lowest BCUT2D eigenvalue weighted by atomic mass is 10.1. The minimum atomic E-state index is -0.593. The molecule has 1 aliphatic heterocycles. The van der Waals surface area contributed by atoms with Gasteiger partial charge in [0.25, 0.3) is 5.91 Å². The first kappa shape index (κ1) is 23.9. The maximum Gasteiger partial charge on any atom is 0.269 e. The van der Waals surface area contributed by atoms with E-state index in [-0.39, 0.29) is 11.5 Å². The van der Waals surface area contributed by atoms with E-state index in [1.807, 2.05) is 49.4 Å². The summed E-state index contributed by atoms with van der Waals surface area (Å²) in [5.41, 5.74) is 2.93. The molecule has 5 nitrogen and oxygen atoms in total. The average Bonchev–Trinajstić information content (AvgIpc) is 3.13. The highest BCUT2D eigenvalue weighted by molar-refractivity contribution is 8.05. The third-order valence-corrected chi connectivity index (χ3v) is 7.00. The molecule has 0 saturated carbocycles. The quantitative estimate of drug-likeness (QED) is 0.321. The number of rotatable bonds is 5. The van der Waals surface area contributed by atoms with Crippen molar-refractivity contribution in [1.29, 1.82) is 5.26 Å². The van der Waals surface area contributed by atoms with E-state index in [4.69, 9.17) is 23.2 Å². The number of carbonyl (C=O) groups excluding carboxylic acids is 2. The molecule has 1 N–H and O–H groups in total. The third kappa shape index (κ3) is 5.28. The Kier molecular flexibility index (Phi) is 7.28. The van der Waals surface area contributed by atoms with Crippen LogP contribution in [0.1, 0.15) is 11.1 Å². The highest BCUT2D eigenvalue weighted by Gasteiger charge is 2.40. The Morgan fingerprint density at radius 2 is 1.59 bits per heavy atom. The van der Waals surface area contributed by atoms with E-state index in [1.54, 1.807) is 36.4 Å². The summed E-state index contributed by atoms with van der Waals surface area (Å²) in [4.78, 5) is 28.0. The number of thioether (sulfide) groups is 1. The van der Waals surface area contributed by atoms with Gasteiger partial charge >= 0.3 is 0 Å². The van der Waals surface area contributed by atoms with Crippen LogP contribution in [0.25, 0.3) is 0 Å². The van der Waals surface area contributed by atoms with Crippen molar-refractivity contribution in [2.45, 2.75) is 18.6 Å². The smallest absolute Gasteiger partial charge is 0.269 e. The zero-order valence-corrected chi connectivity index (χ0v) is 20.4. The topological polar surface area (TPSA) is 73.2 Å². The summed E-state index contributed by atoms with van der Waals surface area (Å²) < 4.78 is 0. The number of nitriles is 1. The highest BCUT2D eigenvalue weighted by atomic mass is 35.5. The largest absolute Gasteiger partial charge is 0.321 e. The van der Waals surface area contributed by atoms with Crippen molar-refractivity contribution in [3.63, 3.8) is 0 Å². The maximum absolute atomic E-state index is 13.5. The van der Waals surface area contributed by atoms with Crippen LogP contribution in [0.5, 0.6) is 0 Å². The minimum Gasteiger partial charge on any atom is -0.321 e. The van der Waals surface area contributed by atoms with Gasteiger partial charge in [0, 0.05) is 21.4 Å². The standard InChI is InChI=1S/C26H19Cl2N3O2S/c1-16-2-12-21(13-3-16)31-25(33)23(14-17-4-6-18(27)7-5-17)34-26(31)22(15-29)24(32)30-20-10-8-19(28)9-11-20/h2-13,23H,14H2,1H3,(H,30,32)/b26-22-/t23-/m1/s1. The number of amides is 2. The van der Waals surface area contributed by atoms with Gasteiger partial charge < -0.3 is 5.32 Å². The molecule has 0 unspecified atom stereocenters. The molecule has 1 atom stereocenters. The number of halogens is 2. The van der Waals surface area contributed by atoms with E-state index < -0.39 is 11.2 Å². The number of hydrogen-bond donors (Lipinski definition) is 1. The molecule has 0 bridgehead atoms. The number of aryl methyl sites for hydroxylation is 1. The molecular weight excluding hydrogens is 489 g/mol. The molecule has 0 spiro atoms. The van der Waals surface area contributed by atoms with Crippen LogP contribution in [0.15, 0.2) is 83.4 Å². The molecule has 3 aromatic rings. The van der Waals surface area contributed by atoms with Crippen LogP contribution in [0.2, 0.25) is 10.0 Å². The Bertz CT molecular complexity index is 1300. The van der Waals surface area contributed by atoms with E-state index in [9.17, 15) is 14.9 Å². The molecule has 1 heterocycles. The van der Waals surface area contributed by atoms with Gasteiger partial charge in [-0.2, -0.15) is 5.26 Å². The van der Waals surface area contributed by atoms with Crippen LogP contribution in [0.4, 0.5) is 11.4 Å². The summed E-state index contributed by atoms with van der Waals surface area (Å²) in [5.74, 6) is -0.782. The van der Waals surface area contributed by atoms with Crippen molar-refractivity contribution in [1.82, 2.24) is 0 Å². The van der Waals surface area contributed by atoms with E-state index >= 15 is 0 Å². The third-order valence-electron chi connectivity index (χ3n) is 5.23. The highest BCUT2D eigenvalue weighted by Crippen LogP contribution is 2.42. The fraction of sp³-hybridized carbons (Fsp3) is 0.115. The second-order valence-corrected chi connectivity index (χ2v) is 9.76. The summed E-state index contributed by atoms with van der Waals surface area (Å²) in [7, 11) is 0. The number of nitrogens with zero attached hydrogens (tertiary/aromatic N) is 2. The van der Waals surface area contributed by atoms with Crippen LogP contribution >= 0.6 is 35.0 Å². The van der Waals surface area contributed by atoms with Crippen molar-refractivity contribution in [2.75, 3.05) is 10.2 Å². The van der Waals surface area contributed by atoms with Crippen molar-refractivity contribution < 1.29 is 9.59 Å². The maximum atomic E-state index is 13.5. The number of carbonyl (C=O) groups is 2. The summed E-state index contributed by atoms with van der Waals surface area (Å²) in [6, 6.07) is 23.3. The van der Waals surface area contributed by atoms with E-state index in [0.717, 1.165) is 11.1 Å². The fourth-order valence-electron chi connectivity index (χ4n) is 3.48. The van der Waals surface area contributed by atoms with Gasteiger partial charge in [0.05, 0.1) is 5.25 Å². The monoisotopic (exact) mass is 507 g/mol. The Morgan fingerprint density at radius 1 is 1.00 bits per heavy atom. The molecule has 2 amide bonds. The summed E-state index contributed by atoms with van der Waals surface area (Å²) in [6.07, 6.45) is 0.435. The number of nitrogens with one attached hydrogen (secondary N) is 1. The summed E-state index contributed by atoms with van der Waals surface area (Å²) in [6.45, 7) is 1.95. The molecule has 3 aromatic carbocycles. The Hall–Kier alpha value is -3.24. The zero-order chi connectivity index (χ0) is 24.2. The van der Waals surface area contributed by atoms with Gasteiger partial charge in [-0.3, -0.25) is 14.5 Å². The molecule has 8 heteroatoms. The molecule has 4 rings (SSSR count). The van der Waals surface area contributed by atoms with Crippen LogP contribution in [-0.4, -0.2) is 17.1 Å². The van der Waals surface area contributed by atoms with E-state index in [1.165, 1.54) is 16.7 Å². The average molecular weight is 508 g/mol. The normalized spacial score (nSPS) is 16.8. The van der Waals surface area contributed by atoms with Crippen molar-refractivity contribution >= 4 is 58.2 Å². The predicted octanol–water partition coefficient (Wildman–Crippen LogP) is 6.37. The lowest BCUT2D eigenvalue weighted by Crippen LogP contribution is -2.30. The molecule has 0 radical (unpaired) electrons. The SMILES string of the molecule is Cc1ccc(N2C(=O)[C@@H](Cc3ccc(Cl)cc3)S/C2=C(/C#N)C(=O)Nc2ccc(Cl)cc2)cc1. The fourth-order valence-corrected chi connectivity index (χ4v) is 5.04. The first-order valence-electron chi connectivity index (χ1n) is 10.4. The number of anilines is 2. The molecular formula is C26H19Cl2N3O2S. The molecule has 1 aliphatic rings. The lowest BCUT2D eigenvalue weighted by molar-refractivity contribution is -0.117. The van der Waals surface area contributed by atoms with Crippen molar-refractivity contribution in [2.24, 2.45) is 0 Å². The second-order valence-electron chi connectivity index (χ2n) is 7.70. The van der Waals surface area contributed by atoms with Gasteiger partial charge in [-0.15, -0.1) is 0 Å².